The molecule has 0 heterocycles. The third-order valence-corrected chi connectivity index (χ3v) is 6.06. The predicted octanol–water partition coefficient (Wildman–Crippen LogP) is 3.73. The minimum atomic E-state index is -5.73. The first-order valence-electron chi connectivity index (χ1n) is 8.18. The summed E-state index contributed by atoms with van der Waals surface area (Å²) in [5.41, 5.74) is -5.52. The summed E-state index contributed by atoms with van der Waals surface area (Å²) in [6.07, 6.45) is -1.70. The molecule has 2 aromatic rings. The minimum Gasteiger partial charge on any atom is -0.457 e. The van der Waals surface area contributed by atoms with E-state index >= 15 is 0 Å². The summed E-state index contributed by atoms with van der Waals surface area (Å²) in [5.74, 6) is -1.44. The molecule has 0 saturated carbocycles. The fraction of sp³-hybridized carbons (Fsp3) is 0.333. The Morgan fingerprint density at radius 2 is 1.86 bits per heavy atom. The largest absolute Gasteiger partial charge is 0.501 e. The van der Waals surface area contributed by atoms with E-state index in [1.165, 1.54) is 12.1 Å². The van der Waals surface area contributed by atoms with Crippen LogP contribution in [0.15, 0.2) is 35.2 Å². The standard InChI is InChI=1S/C18H16F4O5S/c1-9-4-11(19)7-12(5-9)27-14-2-3-15(28(25,26)18(20,21)22)17-13(24)6-10(8-23)16(14)17/h2-5,7,10,13,23-24H,6,8H2,1H3. The molecule has 2 atom stereocenters. The lowest BCUT2D eigenvalue weighted by molar-refractivity contribution is -0.0437. The molecular weight excluding hydrogens is 404 g/mol. The number of rotatable bonds is 4. The van der Waals surface area contributed by atoms with Gasteiger partial charge >= 0.3 is 5.51 Å². The predicted molar refractivity (Wildman–Crippen MR) is 90.3 cm³/mol. The normalized spacial score (nSPS) is 19.5. The minimum absolute atomic E-state index is 0.0396. The van der Waals surface area contributed by atoms with E-state index in [0.717, 1.165) is 12.1 Å². The van der Waals surface area contributed by atoms with Gasteiger partial charge in [0.05, 0.1) is 17.6 Å². The van der Waals surface area contributed by atoms with Gasteiger partial charge in [0.2, 0.25) is 0 Å². The summed E-state index contributed by atoms with van der Waals surface area (Å²) in [6, 6.07) is 5.50. The molecular formula is C18H16F4O5S. The van der Waals surface area contributed by atoms with Crippen LogP contribution in [-0.2, 0) is 9.84 Å². The van der Waals surface area contributed by atoms with Crippen LogP contribution in [0.3, 0.4) is 0 Å². The zero-order valence-corrected chi connectivity index (χ0v) is 15.3. The number of fused-ring (bicyclic) bond motifs is 1. The molecule has 2 unspecified atom stereocenters. The topological polar surface area (TPSA) is 83.8 Å². The molecule has 0 spiro atoms. The van der Waals surface area contributed by atoms with E-state index in [0.29, 0.717) is 11.6 Å². The number of alkyl halides is 3. The highest BCUT2D eigenvalue weighted by Crippen LogP contribution is 2.50. The van der Waals surface area contributed by atoms with E-state index in [2.05, 4.69) is 0 Å². The Kier molecular flexibility index (Phi) is 5.15. The Bertz CT molecular complexity index is 997. The molecule has 0 bridgehead atoms. The maximum Gasteiger partial charge on any atom is 0.501 e. The van der Waals surface area contributed by atoms with Gasteiger partial charge in [0.15, 0.2) is 0 Å². The highest BCUT2D eigenvalue weighted by atomic mass is 32.2. The Morgan fingerprint density at radius 1 is 1.18 bits per heavy atom. The van der Waals surface area contributed by atoms with E-state index in [-0.39, 0.29) is 23.5 Å². The third-order valence-electron chi connectivity index (χ3n) is 4.51. The molecule has 3 rings (SSSR count). The smallest absolute Gasteiger partial charge is 0.457 e. The average molecular weight is 420 g/mol. The van der Waals surface area contributed by atoms with E-state index in [1.807, 2.05) is 0 Å². The highest BCUT2D eigenvalue weighted by Gasteiger charge is 2.50. The molecule has 1 aliphatic rings. The monoisotopic (exact) mass is 420 g/mol. The quantitative estimate of drug-likeness (QED) is 0.737. The maximum absolute atomic E-state index is 13.6. The van der Waals surface area contributed by atoms with Gasteiger partial charge in [0.1, 0.15) is 17.3 Å². The van der Waals surface area contributed by atoms with Gasteiger partial charge in [-0.3, -0.25) is 0 Å². The van der Waals surface area contributed by atoms with Crippen LogP contribution in [0.25, 0.3) is 0 Å². The van der Waals surface area contributed by atoms with Crippen molar-refractivity contribution < 1.29 is 40.9 Å². The molecule has 10 heteroatoms. The van der Waals surface area contributed by atoms with E-state index in [4.69, 9.17) is 4.74 Å². The Labute approximate surface area is 158 Å². The molecule has 0 fully saturated rings. The molecule has 2 aromatic carbocycles. The first-order valence-corrected chi connectivity index (χ1v) is 9.66. The van der Waals surface area contributed by atoms with Crippen LogP contribution >= 0.6 is 0 Å². The molecule has 152 valence electrons. The number of ether oxygens (including phenoxy) is 1. The second-order valence-electron chi connectivity index (χ2n) is 6.54. The van der Waals surface area contributed by atoms with Crippen molar-refractivity contribution >= 4 is 9.84 Å². The van der Waals surface area contributed by atoms with Crippen LogP contribution in [0.2, 0.25) is 0 Å². The van der Waals surface area contributed by atoms with E-state index in [1.54, 1.807) is 6.92 Å². The van der Waals surface area contributed by atoms with Crippen LogP contribution in [0.1, 0.15) is 35.1 Å². The summed E-state index contributed by atoms with van der Waals surface area (Å²) in [6.45, 7) is 1.07. The second-order valence-corrected chi connectivity index (χ2v) is 8.45. The van der Waals surface area contributed by atoms with E-state index < -0.39 is 50.3 Å². The second kappa shape index (κ2) is 7.02. The van der Waals surface area contributed by atoms with Gasteiger partial charge in [-0.2, -0.15) is 13.2 Å². The van der Waals surface area contributed by atoms with Crippen molar-refractivity contribution in [2.75, 3.05) is 6.61 Å². The Hall–Kier alpha value is -2.17. The summed E-state index contributed by atoms with van der Waals surface area (Å²) in [5, 5.41) is 19.8. The molecule has 2 N–H and O–H groups in total. The van der Waals surface area contributed by atoms with Crippen LogP contribution in [0, 0.1) is 12.7 Å². The molecule has 0 radical (unpaired) electrons. The Balaban J connectivity index is 2.19. The summed E-state index contributed by atoms with van der Waals surface area (Å²) in [7, 11) is -5.73. The number of halogens is 4. The molecule has 0 aliphatic heterocycles. The SMILES string of the molecule is Cc1cc(F)cc(Oc2ccc(S(=O)(=O)C(F)(F)F)c3c2C(CO)CC3O)c1. The number of aliphatic hydroxyl groups excluding tert-OH is 2. The maximum atomic E-state index is 13.6. The zero-order chi connectivity index (χ0) is 20.9. The van der Waals surface area contributed by atoms with Crippen LogP contribution in [0.4, 0.5) is 17.6 Å². The molecule has 0 aromatic heterocycles. The van der Waals surface area contributed by atoms with Crippen molar-refractivity contribution in [1.29, 1.82) is 0 Å². The van der Waals surface area contributed by atoms with Gasteiger partial charge in [0, 0.05) is 23.1 Å². The van der Waals surface area contributed by atoms with Crippen molar-refractivity contribution in [2.24, 2.45) is 0 Å². The van der Waals surface area contributed by atoms with Crippen molar-refractivity contribution in [3.8, 4) is 11.5 Å². The number of benzene rings is 2. The number of hydrogen-bond donors (Lipinski definition) is 2. The van der Waals surface area contributed by atoms with Gasteiger partial charge < -0.3 is 14.9 Å². The van der Waals surface area contributed by atoms with Gasteiger partial charge in [0.25, 0.3) is 9.84 Å². The first-order chi connectivity index (χ1) is 13.0. The lowest BCUT2D eigenvalue weighted by Crippen LogP contribution is -2.25. The van der Waals surface area contributed by atoms with Gasteiger partial charge in [-0.25, -0.2) is 12.8 Å². The number of hydrogen-bond acceptors (Lipinski definition) is 5. The molecule has 0 amide bonds. The van der Waals surface area contributed by atoms with Crippen LogP contribution < -0.4 is 4.74 Å². The van der Waals surface area contributed by atoms with Crippen LogP contribution in [0.5, 0.6) is 11.5 Å². The van der Waals surface area contributed by atoms with Gasteiger partial charge in [-0.1, -0.05) is 0 Å². The van der Waals surface area contributed by atoms with Crippen molar-refractivity contribution in [2.45, 2.75) is 35.8 Å². The van der Waals surface area contributed by atoms with Gasteiger partial charge in [-0.15, -0.1) is 0 Å². The van der Waals surface area contributed by atoms with Crippen molar-refractivity contribution in [3.05, 3.63) is 52.8 Å². The lowest BCUT2D eigenvalue weighted by Gasteiger charge is -2.18. The van der Waals surface area contributed by atoms with E-state index in [9.17, 15) is 36.2 Å². The van der Waals surface area contributed by atoms with Crippen molar-refractivity contribution in [3.63, 3.8) is 0 Å². The van der Waals surface area contributed by atoms with Gasteiger partial charge in [-0.05, 0) is 43.2 Å². The lowest BCUT2D eigenvalue weighted by atomic mass is 10.0. The molecule has 0 saturated heterocycles. The number of aryl methyl sites for hydroxylation is 1. The fourth-order valence-corrected chi connectivity index (χ4v) is 4.40. The molecule has 1 aliphatic carbocycles. The third kappa shape index (κ3) is 3.47. The summed E-state index contributed by atoms with van der Waals surface area (Å²) < 4.78 is 82.1. The van der Waals surface area contributed by atoms with Crippen LogP contribution in [-0.4, -0.2) is 30.7 Å². The zero-order valence-electron chi connectivity index (χ0n) is 14.5. The molecule has 28 heavy (non-hydrogen) atoms. The summed E-state index contributed by atoms with van der Waals surface area (Å²) in [4.78, 5) is -1.08. The number of sulfone groups is 1. The van der Waals surface area contributed by atoms with Crippen molar-refractivity contribution in [1.82, 2.24) is 0 Å². The average Bonchev–Trinajstić information content (AvgIpc) is 2.90. The number of aliphatic hydroxyl groups is 2. The highest BCUT2D eigenvalue weighted by molar-refractivity contribution is 7.92. The Morgan fingerprint density at radius 3 is 2.43 bits per heavy atom. The first kappa shape index (κ1) is 20.6. The molecule has 5 nitrogen and oxygen atoms in total. The fourth-order valence-electron chi connectivity index (χ4n) is 3.37. The summed E-state index contributed by atoms with van der Waals surface area (Å²) >= 11 is 0.